The number of rotatable bonds is 7. The van der Waals surface area contributed by atoms with Crippen molar-refractivity contribution in [3.05, 3.63) is 83.9 Å². The van der Waals surface area contributed by atoms with E-state index in [0.29, 0.717) is 21.7 Å². The lowest BCUT2D eigenvalue weighted by Crippen LogP contribution is -2.44. The molecule has 0 aliphatic carbocycles. The molecule has 3 heterocycles. The first-order valence-electron chi connectivity index (χ1n) is 11.5. The first-order valence-corrected chi connectivity index (χ1v) is 11.9. The highest BCUT2D eigenvalue weighted by molar-refractivity contribution is 7.71. The quantitative estimate of drug-likeness (QED) is 0.294. The summed E-state index contributed by atoms with van der Waals surface area (Å²) < 4.78 is 2.48. The highest BCUT2D eigenvalue weighted by Crippen LogP contribution is 2.29. The van der Waals surface area contributed by atoms with E-state index in [4.69, 9.17) is 12.2 Å². The van der Waals surface area contributed by atoms with Crippen molar-refractivity contribution in [2.75, 3.05) is 38.0 Å². The number of aromatic nitrogens is 4. The number of carbonyl (C=O) groups excluding carboxylic acids is 1. The molecule has 2 aromatic heterocycles. The maximum absolute atomic E-state index is 13.2. The van der Waals surface area contributed by atoms with Crippen LogP contribution in [0.5, 0.6) is 0 Å². The summed E-state index contributed by atoms with van der Waals surface area (Å²) in [5.41, 5.74) is 5.28. The molecule has 1 fully saturated rings. The monoisotopic (exact) mass is 485 g/mol. The fraction of sp³-hybridized carbons (Fsp3) is 0.192. The minimum Gasteiger partial charge on any atom is -0.330 e. The Kier molecular flexibility index (Phi) is 6.71. The van der Waals surface area contributed by atoms with Crippen molar-refractivity contribution in [3.8, 4) is 22.5 Å². The van der Waals surface area contributed by atoms with Gasteiger partial charge in [0.2, 0.25) is 0 Å². The molecule has 0 radical (unpaired) electrons. The molecule has 1 aliphatic rings. The first-order chi connectivity index (χ1) is 17.1. The van der Waals surface area contributed by atoms with Crippen molar-refractivity contribution in [3.63, 3.8) is 0 Å². The Balaban J connectivity index is 1.38. The average Bonchev–Trinajstić information content (AvgIpc) is 3.53. The van der Waals surface area contributed by atoms with Gasteiger partial charge in [0.15, 0.2) is 4.77 Å². The third-order valence-electron chi connectivity index (χ3n) is 6.09. The number of piperazine rings is 1. The van der Waals surface area contributed by atoms with Gasteiger partial charge in [-0.1, -0.05) is 55.1 Å². The molecule has 5 rings (SSSR count). The lowest BCUT2D eigenvalue weighted by Gasteiger charge is -2.27. The predicted octanol–water partition coefficient (Wildman–Crippen LogP) is 4.23. The Morgan fingerprint density at radius 3 is 2.63 bits per heavy atom. The van der Waals surface area contributed by atoms with E-state index in [-0.39, 0.29) is 5.91 Å². The van der Waals surface area contributed by atoms with Crippen molar-refractivity contribution in [1.29, 1.82) is 0 Å². The summed E-state index contributed by atoms with van der Waals surface area (Å²) >= 11 is 5.60. The molecule has 1 aliphatic heterocycles. The normalized spacial score (nSPS) is 14.1. The number of H-pyrrole nitrogens is 2. The second-order valence-electron chi connectivity index (χ2n) is 8.46. The summed E-state index contributed by atoms with van der Waals surface area (Å²) in [7, 11) is 0. The van der Waals surface area contributed by atoms with Crippen molar-refractivity contribution in [2.24, 2.45) is 0 Å². The number of aromatic amines is 2. The van der Waals surface area contributed by atoms with Gasteiger partial charge in [-0.2, -0.15) is 5.10 Å². The molecule has 4 aromatic rings. The third-order valence-corrected chi connectivity index (χ3v) is 6.39. The highest BCUT2D eigenvalue weighted by Gasteiger charge is 2.18. The summed E-state index contributed by atoms with van der Waals surface area (Å²) in [6, 6.07) is 17.3. The van der Waals surface area contributed by atoms with Crippen LogP contribution in [0.4, 0.5) is 5.69 Å². The molecular formula is C26H27N7OS. The van der Waals surface area contributed by atoms with E-state index < -0.39 is 0 Å². The van der Waals surface area contributed by atoms with Gasteiger partial charge in [0.25, 0.3) is 5.91 Å². The molecule has 0 spiro atoms. The van der Waals surface area contributed by atoms with E-state index in [1.165, 1.54) is 0 Å². The first kappa shape index (κ1) is 23.0. The number of imidazole rings is 1. The molecule has 1 amide bonds. The van der Waals surface area contributed by atoms with Crippen LogP contribution in [-0.4, -0.2) is 63.3 Å². The van der Waals surface area contributed by atoms with Crippen LogP contribution >= 0.6 is 12.2 Å². The Hall–Kier alpha value is -3.79. The topological polar surface area (TPSA) is 93.8 Å². The van der Waals surface area contributed by atoms with Gasteiger partial charge in [0.05, 0.1) is 28.8 Å². The van der Waals surface area contributed by atoms with E-state index in [1.807, 2.05) is 65.4 Å². The van der Waals surface area contributed by atoms with E-state index in [1.54, 1.807) is 6.20 Å². The van der Waals surface area contributed by atoms with Crippen LogP contribution in [0.3, 0.4) is 0 Å². The van der Waals surface area contributed by atoms with Crippen LogP contribution < -0.4 is 10.6 Å². The molecule has 0 bridgehead atoms. The van der Waals surface area contributed by atoms with Gasteiger partial charge in [-0.25, -0.2) is 0 Å². The third kappa shape index (κ3) is 5.02. The second-order valence-corrected chi connectivity index (χ2v) is 8.85. The minimum absolute atomic E-state index is 0.244. The minimum atomic E-state index is -0.244. The largest absolute Gasteiger partial charge is 0.330 e. The van der Waals surface area contributed by atoms with E-state index in [2.05, 4.69) is 37.3 Å². The summed E-state index contributed by atoms with van der Waals surface area (Å²) in [5.74, 6) is -0.244. The summed E-state index contributed by atoms with van der Waals surface area (Å²) in [5, 5.41) is 13.4. The number of para-hydroxylation sites is 1. The van der Waals surface area contributed by atoms with Gasteiger partial charge in [-0.15, -0.1) is 0 Å². The van der Waals surface area contributed by atoms with Crippen molar-refractivity contribution in [1.82, 2.24) is 30.0 Å². The van der Waals surface area contributed by atoms with Crippen molar-refractivity contribution < 1.29 is 4.79 Å². The molecular weight excluding hydrogens is 458 g/mol. The second kappa shape index (κ2) is 10.2. The molecule has 8 nitrogen and oxygen atoms in total. The van der Waals surface area contributed by atoms with E-state index >= 15 is 0 Å². The number of benzene rings is 2. The van der Waals surface area contributed by atoms with Crippen LogP contribution in [-0.2, 0) is 0 Å². The van der Waals surface area contributed by atoms with Crippen LogP contribution in [0.2, 0.25) is 0 Å². The van der Waals surface area contributed by atoms with Crippen LogP contribution in [0, 0.1) is 4.77 Å². The van der Waals surface area contributed by atoms with Gasteiger partial charge in [-0.05, 0) is 18.3 Å². The average molecular weight is 486 g/mol. The Labute approximate surface area is 208 Å². The lowest BCUT2D eigenvalue weighted by molar-refractivity contribution is 0.102. The molecule has 0 saturated carbocycles. The maximum Gasteiger partial charge on any atom is 0.259 e. The van der Waals surface area contributed by atoms with Crippen molar-refractivity contribution in [2.45, 2.75) is 0 Å². The Bertz CT molecular complexity index is 1400. The summed E-state index contributed by atoms with van der Waals surface area (Å²) in [6.07, 6.45) is 3.50. The van der Waals surface area contributed by atoms with Gasteiger partial charge in [-0.3, -0.25) is 19.4 Å². The number of anilines is 1. The number of nitrogens with one attached hydrogen (secondary N) is 4. The maximum atomic E-state index is 13.2. The number of carbonyl (C=O) groups is 1. The standard InChI is InChI=1S/C26H27N7OS/c1-18(16-32-13-11-27-12-14-32)33-17-23(30-26(33)35)20-9-5-6-10-22(20)29-25(34)21-15-28-31-24(21)19-7-3-2-4-8-19/h2-10,15,17,27H,1,11-14,16H2,(H,28,31)(H,29,34)(H,30,35). The Morgan fingerprint density at radius 2 is 1.83 bits per heavy atom. The number of hydrogen-bond acceptors (Lipinski definition) is 5. The number of hydrogen-bond donors (Lipinski definition) is 4. The van der Waals surface area contributed by atoms with Gasteiger partial charge in [0, 0.05) is 55.7 Å². The van der Waals surface area contributed by atoms with E-state index in [0.717, 1.165) is 55.2 Å². The summed E-state index contributed by atoms with van der Waals surface area (Å²) in [6.45, 7) is 8.93. The van der Waals surface area contributed by atoms with Gasteiger partial charge in [0.1, 0.15) is 0 Å². The lowest BCUT2D eigenvalue weighted by atomic mass is 10.1. The molecule has 0 atom stereocenters. The molecule has 178 valence electrons. The fourth-order valence-electron chi connectivity index (χ4n) is 4.27. The highest BCUT2D eigenvalue weighted by atomic mass is 32.1. The van der Waals surface area contributed by atoms with Crippen LogP contribution in [0.1, 0.15) is 10.4 Å². The smallest absolute Gasteiger partial charge is 0.259 e. The fourth-order valence-corrected chi connectivity index (χ4v) is 4.56. The molecule has 0 unspecified atom stereocenters. The molecule has 35 heavy (non-hydrogen) atoms. The summed E-state index contributed by atoms with van der Waals surface area (Å²) in [4.78, 5) is 18.9. The van der Waals surface area contributed by atoms with E-state index in [9.17, 15) is 4.79 Å². The number of nitrogens with zero attached hydrogens (tertiary/aromatic N) is 3. The zero-order valence-corrected chi connectivity index (χ0v) is 20.1. The van der Waals surface area contributed by atoms with Crippen LogP contribution in [0.15, 0.2) is 73.6 Å². The molecule has 2 aromatic carbocycles. The predicted molar refractivity (Wildman–Crippen MR) is 142 cm³/mol. The molecule has 9 heteroatoms. The SMILES string of the molecule is C=C(CN1CCNCC1)n1cc(-c2ccccc2NC(=O)c2cn[nH]c2-c2ccccc2)[nH]c1=S. The van der Waals surface area contributed by atoms with Gasteiger partial charge < -0.3 is 15.6 Å². The molecule has 4 N–H and O–H groups in total. The number of amides is 1. The van der Waals surface area contributed by atoms with Crippen LogP contribution in [0.25, 0.3) is 28.2 Å². The Morgan fingerprint density at radius 1 is 1.09 bits per heavy atom. The van der Waals surface area contributed by atoms with Gasteiger partial charge >= 0.3 is 0 Å². The zero-order chi connectivity index (χ0) is 24.2. The zero-order valence-electron chi connectivity index (χ0n) is 19.3. The van der Waals surface area contributed by atoms with Crippen molar-refractivity contribution >= 4 is 29.5 Å². The molecule has 1 saturated heterocycles.